The van der Waals surface area contributed by atoms with E-state index < -0.39 is 0 Å². The molecule has 2 aromatic heterocycles. The van der Waals surface area contributed by atoms with Crippen molar-refractivity contribution in [1.82, 2.24) is 9.97 Å². The van der Waals surface area contributed by atoms with Gasteiger partial charge in [-0.3, -0.25) is 15.7 Å². The summed E-state index contributed by atoms with van der Waals surface area (Å²) in [5.74, 6) is 0.296. The van der Waals surface area contributed by atoms with E-state index in [0.717, 1.165) is 11.4 Å². The van der Waals surface area contributed by atoms with E-state index in [9.17, 15) is 0 Å². The fourth-order valence-electron chi connectivity index (χ4n) is 1.53. The minimum absolute atomic E-state index is 0.296. The molecule has 92 valence electrons. The van der Waals surface area contributed by atoms with E-state index in [-0.39, 0.29) is 0 Å². The van der Waals surface area contributed by atoms with Gasteiger partial charge in [-0.05, 0) is 25.1 Å². The van der Waals surface area contributed by atoms with E-state index in [4.69, 9.17) is 10.6 Å². The number of pyridine rings is 2. The molecule has 2 heterocycles. The third-order valence-electron chi connectivity index (χ3n) is 2.38. The molecule has 0 spiro atoms. The van der Waals surface area contributed by atoms with Crippen LogP contribution in [0.4, 0.5) is 17.2 Å². The third-order valence-corrected chi connectivity index (χ3v) is 2.38. The molecule has 0 aliphatic carbocycles. The molecule has 0 atom stereocenters. The Morgan fingerprint density at radius 1 is 1.33 bits per heavy atom. The van der Waals surface area contributed by atoms with Crippen molar-refractivity contribution in [2.24, 2.45) is 0 Å². The van der Waals surface area contributed by atoms with Crippen molar-refractivity contribution in [3.05, 3.63) is 41.9 Å². The monoisotopic (exact) mass is 243 g/mol. The van der Waals surface area contributed by atoms with Crippen LogP contribution in [-0.4, -0.2) is 21.4 Å². The van der Waals surface area contributed by atoms with Gasteiger partial charge in [0.15, 0.2) is 0 Å². The van der Waals surface area contributed by atoms with Crippen LogP contribution in [0.2, 0.25) is 0 Å². The summed E-state index contributed by atoms with van der Waals surface area (Å²) in [6.45, 7) is 1.90. The number of hydrogen-bond acceptors (Lipinski definition) is 6. The molecule has 0 unspecified atom stereocenters. The molecular weight excluding hydrogens is 230 g/mol. The molecule has 0 aromatic carbocycles. The molecule has 18 heavy (non-hydrogen) atoms. The Bertz CT molecular complexity index is 570. The highest BCUT2D eigenvalue weighted by molar-refractivity contribution is 5.88. The number of nitrogens with one attached hydrogen (secondary N) is 3. The van der Waals surface area contributed by atoms with Gasteiger partial charge in [0.2, 0.25) is 0 Å². The molecule has 0 saturated heterocycles. The Morgan fingerprint density at radius 2 is 2.17 bits per heavy atom. The molecule has 2 rings (SSSR count). The van der Waals surface area contributed by atoms with Crippen LogP contribution >= 0.6 is 0 Å². The number of hydrogen-bond donors (Lipinski definition) is 4. The average Bonchev–Trinajstić information content (AvgIpc) is 2.39. The molecule has 0 bridgehead atoms. The first kappa shape index (κ1) is 12.0. The second kappa shape index (κ2) is 5.24. The Morgan fingerprint density at radius 3 is 2.83 bits per heavy atom. The number of anilines is 3. The number of aryl methyl sites for hydroxylation is 1. The molecule has 2 aromatic rings. The lowest BCUT2D eigenvalue weighted by Crippen LogP contribution is -2.00. The SMILES string of the molecule is Cc1cc(Nc2cnc(NO)cc2C=N)ccn1. The zero-order valence-electron chi connectivity index (χ0n) is 9.81. The Balaban J connectivity index is 2.31. The van der Waals surface area contributed by atoms with E-state index >= 15 is 0 Å². The Labute approximate surface area is 104 Å². The molecule has 6 nitrogen and oxygen atoms in total. The van der Waals surface area contributed by atoms with Gasteiger partial charge in [-0.25, -0.2) is 4.98 Å². The maximum Gasteiger partial charge on any atom is 0.150 e. The molecule has 0 aliphatic heterocycles. The smallest absolute Gasteiger partial charge is 0.150 e. The summed E-state index contributed by atoms with van der Waals surface area (Å²) in [6, 6.07) is 5.30. The van der Waals surface area contributed by atoms with Crippen molar-refractivity contribution in [3.8, 4) is 0 Å². The summed E-state index contributed by atoms with van der Waals surface area (Å²) in [5.41, 5.74) is 5.03. The predicted molar refractivity (Wildman–Crippen MR) is 69.8 cm³/mol. The van der Waals surface area contributed by atoms with E-state index in [1.165, 1.54) is 6.21 Å². The van der Waals surface area contributed by atoms with Crippen molar-refractivity contribution in [2.45, 2.75) is 6.92 Å². The van der Waals surface area contributed by atoms with E-state index in [1.54, 1.807) is 18.5 Å². The van der Waals surface area contributed by atoms with Crippen LogP contribution in [0, 0.1) is 12.3 Å². The molecule has 6 heteroatoms. The third kappa shape index (κ3) is 2.61. The second-order valence-electron chi connectivity index (χ2n) is 3.72. The molecule has 0 radical (unpaired) electrons. The van der Waals surface area contributed by atoms with Gasteiger partial charge in [0.05, 0.1) is 11.9 Å². The Kier molecular flexibility index (Phi) is 3.49. The van der Waals surface area contributed by atoms with Gasteiger partial charge in [0.1, 0.15) is 5.82 Å². The van der Waals surface area contributed by atoms with Crippen molar-refractivity contribution in [3.63, 3.8) is 0 Å². The summed E-state index contributed by atoms with van der Waals surface area (Å²) in [4.78, 5) is 8.09. The summed E-state index contributed by atoms with van der Waals surface area (Å²) in [7, 11) is 0. The first-order valence-electron chi connectivity index (χ1n) is 5.33. The van der Waals surface area contributed by atoms with E-state index in [2.05, 4.69) is 15.3 Å². The molecule has 0 aliphatic rings. The topological polar surface area (TPSA) is 93.9 Å². The van der Waals surface area contributed by atoms with Gasteiger partial charge < -0.3 is 10.7 Å². The summed E-state index contributed by atoms with van der Waals surface area (Å²) in [5, 5.41) is 19.3. The maximum atomic E-state index is 8.76. The van der Waals surface area contributed by atoms with Gasteiger partial charge in [-0.15, -0.1) is 0 Å². The first-order chi connectivity index (χ1) is 8.72. The first-order valence-corrected chi connectivity index (χ1v) is 5.33. The van der Waals surface area contributed by atoms with Gasteiger partial charge in [0.25, 0.3) is 0 Å². The van der Waals surface area contributed by atoms with Crippen LogP contribution in [0.15, 0.2) is 30.6 Å². The van der Waals surface area contributed by atoms with Gasteiger partial charge >= 0.3 is 0 Å². The number of nitrogens with zero attached hydrogens (tertiary/aromatic N) is 2. The standard InChI is InChI=1S/C12H13N5O/c1-8-4-10(2-3-14-8)16-11-7-15-12(17-18)5-9(11)6-13/h2-7,13,18H,1H3,(H,14,16)(H,15,17). The maximum absolute atomic E-state index is 8.76. The van der Waals surface area contributed by atoms with Crippen molar-refractivity contribution in [2.75, 3.05) is 10.8 Å². The molecule has 0 saturated carbocycles. The zero-order valence-corrected chi connectivity index (χ0v) is 9.81. The summed E-state index contributed by atoms with van der Waals surface area (Å²) < 4.78 is 0. The number of rotatable bonds is 4. The normalized spacial score (nSPS) is 9.89. The van der Waals surface area contributed by atoms with E-state index in [1.807, 2.05) is 24.5 Å². The quantitative estimate of drug-likeness (QED) is 0.488. The van der Waals surface area contributed by atoms with E-state index in [0.29, 0.717) is 17.1 Å². The van der Waals surface area contributed by atoms with Gasteiger partial charge in [-0.2, -0.15) is 0 Å². The summed E-state index contributed by atoms with van der Waals surface area (Å²) in [6.07, 6.45) is 4.45. The largest absolute Gasteiger partial charge is 0.354 e. The van der Waals surface area contributed by atoms with Crippen LogP contribution in [-0.2, 0) is 0 Å². The van der Waals surface area contributed by atoms with Crippen LogP contribution in [0.25, 0.3) is 0 Å². The fraction of sp³-hybridized carbons (Fsp3) is 0.0833. The molecule has 0 amide bonds. The highest BCUT2D eigenvalue weighted by Crippen LogP contribution is 2.21. The van der Waals surface area contributed by atoms with Crippen LogP contribution in [0.3, 0.4) is 0 Å². The minimum Gasteiger partial charge on any atom is -0.354 e. The average molecular weight is 243 g/mol. The lowest BCUT2D eigenvalue weighted by molar-refractivity contribution is 0.386. The Hall–Kier alpha value is -2.47. The van der Waals surface area contributed by atoms with Crippen molar-refractivity contribution >= 4 is 23.4 Å². The van der Waals surface area contributed by atoms with Crippen LogP contribution in [0.5, 0.6) is 0 Å². The lowest BCUT2D eigenvalue weighted by Gasteiger charge is -2.10. The molecule has 4 N–H and O–H groups in total. The minimum atomic E-state index is 0.296. The fourth-order valence-corrected chi connectivity index (χ4v) is 1.53. The lowest BCUT2D eigenvalue weighted by atomic mass is 10.2. The molecular formula is C12H13N5O. The zero-order chi connectivity index (χ0) is 13.0. The van der Waals surface area contributed by atoms with Crippen LogP contribution in [0.1, 0.15) is 11.3 Å². The van der Waals surface area contributed by atoms with Crippen LogP contribution < -0.4 is 10.8 Å². The molecule has 0 fully saturated rings. The number of aromatic nitrogens is 2. The highest BCUT2D eigenvalue weighted by atomic mass is 16.5. The van der Waals surface area contributed by atoms with Crippen molar-refractivity contribution < 1.29 is 5.21 Å². The summed E-state index contributed by atoms with van der Waals surface area (Å²) >= 11 is 0. The highest BCUT2D eigenvalue weighted by Gasteiger charge is 2.03. The van der Waals surface area contributed by atoms with Gasteiger partial charge in [0, 0.05) is 29.4 Å². The van der Waals surface area contributed by atoms with Gasteiger partial charge in [-0.1, -0.05) is 0 Å². The second-order valence-corrected chi connectivity index (χ2v) is 3.72. The predicted octanol–water partition coefficient (Wildman–Crippen LogP) is 2.33. The van der Waals surface area contributed by atoms with Crippen molar-refractivity contribution in [1.29, 1.82) is 5.41 Å².